The summed E-state index contributed by atoms with van der Waals surface area (Å²) in [4.78, 5) is 4.28. The molecule has 2 heterocycles. The molecule has 0 aliphatic heterocycles. The van der Waals surface area contributed by atoms with Gasteiger partial charge in [-0.05, 0) is 6.92 Å². The van der Waals surface area contributed by atoms with Crippen LogP contribution >= 0.6 is 0 Å². The summed E-state index contributed by atoms with van der Waals surface area (Å²) in [5.74, 6) is 0.794. The van der Waals surface area contributed by atoms with E-state index in [4.69, 9.17) is 4.74 Å². The predicted octanol–water partition coefficient (Wildman–Crippen LogP) is 1.57. The van der Waals surface area contributed by atoms with E-state index >= 15 is 0 Å². The van der Waals surface area contributed by atoms with Gasteiger partial charge in [-0.15, -0.1) is 0 Å². The Balaban J connectivity index is 2.13. The second kappa shape index (κ2) is 5.01. The Hall–Kier alpha value is -1.82. The highest BCUT2D eigenvalue weighted by atomic mass is 16.5. The Morgan fingerprint density at radius 1 is 1.53 bits per heavy atom. The van der Waals surface area contributed by atoms with E-state index in [1.54, 1.807) is 24.2 Å². The van der Waals surface area contributed by atoms with E-state index in [9.17, 15) is 0 Å². The van der Waals surface area contributed by atoms with Gasteiger partial charge in [0.05, 0.1) is 24.5 Å². The van der Waals surface area contributed by atoms with E-state index in [0.29, 0.717) is 6.61 Å². The quantitative estimate of drug-likeness (QED) is 0.854. The lowest BCUT2D eigenvalue weighted by Crippen LogP contribution is -2.12. The summed E-state index contributed by atoms with van der Waals surface area (Å²) >= 11 is 0. The monoisotopic (exact) mass is 235 g/mol. The first kappa shape index (κ1) is 11.7. The lowest BCUT2D eigenvalue weighted by molar-refractivity contribution is 0.163. The molecule has 1 N–H and O–H groups in total. The van der Waals surface area contributed by atoms with Crippen molar-refractivity contribution in [3.05, 3.63) is 24.8 Å². The van der Waals surface area contributed by atoms with E-state index in [2.05, 4.69) is 22.3 Å². The Bertz CT molecular complexity index is 476. The largest absolute Gasteiger partial charge is 0.383 e. The van der Waals surface area contributed by atoms with Gasteiger partial charge in [0.1, 0.15) is 0 Å². The summed E-state index contributed by atoms with van der Waals surface area (Å²) in [6.07, 6.45) is 7.37. The molecule has 0 spiro atoms. The Morgan fingerprint density at radius 3 is 3.00 bits per heavy atom. The maximum absolute atomic E-state index is 5.14. The molecule has 1 atom stereocenters. The van der Waals surface area contributed by atoms with E-state index < -0.39 is 0 Å². The van der Waals surface area contributed by atoms with Crippen LogP contribution in [0.3, 0.4) is 0 Å². The van der Waals surface area contributed by atoms with Crippen LogP contribution in [0, 0.1) is 0 Å². The molecule has 2 aromatic heterocycles. The first-order chi connectivity index (χ1) is 8.20. The number of nitrogens with zero attached hydrogens (tertiary/aromatic N) is 4. The number of ether oxygens (including phenoxy) is 1. The number of anilines is 2. The summed E-state index contributed by atoms with van der Waals surface area (Å²) in [5, 5.41) is 7.33. The zero-order valence-electron chi connectivity index (χ0n) is 10.3. The Morgan fingerprint density at radius 2 is 2.35 bits per heavy atom. The highest BCUT2D eigenvalue weighted by molar-refractivity contribution is 5.50. The van der Waals surface area contributed by atoms with Gasteiger partial charge in [-0.3, -0.25) is 4.68 Å². The highest BCUT2D eigenvalue weighted by Gasteiger charge is 2.10. The number of rotatable bonds is 5. The molecule has 0 aliphatic rings. The second-order valence-corrected chi connectivity index (χ2v) is 3.99. The van der Waals surface area contributed by atoms with Crippen LogP contribution < -0.4 is 5.32 Å². The standard InChI is InChI=1S/C11H17N5O/c1-9(8-17-3)16-5-4-12-11(16)14-10-6-13-15(2)7-10/h4-7,9H,8H2,1-3H3,(H,12,14). The number of imidazole rings is 1. The third-order valence-corrected chi connectivity index (χ3v) is 2.51. The minimum Gasteiger partial charge on any atom is -0.383 e. The summed E-state index contributed by atoms with van der Waals surface area (Å²) in [7, 11) is 3.58. The molecule has 6 heteroatoms. The molecular formula is C11H17N5O. The molecule has 0 bridgehead atoms. The van der Waals surface area contributed by atoms with Gasteiger partial charge in [-0.25, -0.2) is 4.98 Å². The number of methoxy groups -OCH3 is 1. The molecule has 0 radical (unpaired) electrons. The third-order valence-electron chi connectivity index (χ3n) is 2.51. The molecule has 92 valence electrons. The van der Waals surface area contributed by atoms with Crippen molar-refractivity contribution < 1.29 is 4.74 Å². The van der Waals surface area contributed by atoms with E-state index in [0.717, 1.165) is 11.6 Å². The molecule has 0 aliphatic carbocycles. The van der Waals surface area contributed by atoms with Crippen LogP contribution in [0.25, 0.3) is 0 Å². The van der Waals surface area contributed by atoms with Crippen LogP contribution in [-0.4, -0.2) is 33.0 Å². The van der Waals surface area contributed by atoms with E-state index in [1.165, 1.54) is 0 Å². The van der Waals surface area contributed by atoms with Crippen molar-refractivity contribution in [1.82, 2.24) is 19.3 Å². The summed E-state index contributed by atoms with van der Waals surface area (Å²) in [6, 6.07) is 0.238. The number of aryl methyl sites for hydroxylation is 1. The zero-order valence-corrected chi connectivity index (χ0v) is 10.3. The van der Waals surface area contributed by atoms with Crippen molar-refractivity contribution in [1.29, 1.82) is 0 Å². The van der Waals surface area contributed by atoms with E-state index in [-0.39, 0.29) is 6.04 Å². The molecule has 17 heavy (non-hydrogen) atoms. The minimum atomic E-state index is 0.238. The highest BCUT2D eigenvalue weighted by Crippen LogP contribution is 2.18. The first-order valence-corrected chi connectivity index (χ1v) is 5.48. The van der Waals surface area contributed by atoms with E-state index in [1.807, 2.05) is 24.0 Å². The van der Waals surface area contributed by atoms with Gasteiger partial charge in [0.2, 0.25) is 5.95 Å². The van der Waals surface area contributed by atoms with Crippen molar-refractivity contribution in [3.8, 4) is 0 Å². The van der Waals surface area contributed by atoms with Crippen LogP contribution in [0.15, 0.2) is 24.8 Å². The average molecular weight is 235 g/mol. The fraction of sp³-hybridized carbons (Fsp3) is 0.455. The van der Waals surface area contributed by atoms with Crippen molar-refractivity contribution in [2.24, 2.45) is 7.05 Å². The molecule has 0 saturated carbocycles. The van der Waals surface area contributed by atoms with Crippen LogP contribution in [-0.2, 0) is 11.8 Å². The maximum Gasteiger partial charge on any atom is 0.207 e. The van der Waals surface area contributed by atoms with Gasteiger partial charge in [0.25, 0.3) is 0 Å². The van der Waals surface area contributed by atoms with Crippen molar-refractivity contribution in [2.45, 2.75) is 13.0 Å². The van der Waals surface area contributed by atoms with Gasteiger partial charge >= 0.3 is 0 Å². The Labute approximate surface area is 100 Å². The minimum absolute atomic E-state index is 0.238. The fourth-order valence-corrected chi connectivity index (χ4v) is 1.70. The van der Waals surface area contributed by atoms with Gasteiger partial charge < -0.3 is 14.6 Å². The van der Waals surface area contributed by atoms with Crippen molar-refractivity contribution in [2.75, 3.05) is 19.0 Å². The van der Waals surface area contributed by atoms with Crippen LogP contribution in [0.2, 0.25) is 0 Å². The zero-order chi connectivity index (χ0) is 12.3. The number of aromatic nitrogens is 4. The summed E-state index contributed by atoms with van der Waals surface area (Å²) in [5.41, 5.74) is 0.921. The predicted molar refractivity (Wildman–Crippen MR) is 65.3 cm³/mol. The third kappa shape index (κ3) is 2.65. The Kier molecular flexibility index (Phi) is 3.43. The SMILES string of the molecule is COCC(C)n1ccnc1Nc1cnn(C)c1. The molecule has 2 rings (SSSR count). The molecular weight excluding hydrogens is 218 g/mol. The van der Waals surface area contributed by atoms with Gasteiger partial charge in [0.15, 0.2) is 0 Å². The summed E-state index contributed by atoms with van der Waals surface area (Å²) < 4.78 is 8.93. The second-order valence-electron chi connectivity index (χ2n) is 3.99. The topological polar surface area (TPSA) is 56.9 Å². The lowest BCUT2D eigenvalue weighted by atomic mass is 10.3. The smallest absolute Gasteiger partial charge is 0.207 e. The first-order valence-electron chi connectivity index (χ1n) is 5.48. The van der Waals surface area contributed by atoms with Crippen LogP contribution in [0.1, 0.15) is 13.0 Å². The summed E-state index contributed by atoms with van der Waals surface area (Å²) in [6.45, 7) is 2.73. The number of nitrogens with one attached hydrogen (secondary N) is 1. The lowest BCUT2D eigenvalue weighted by Gasteiger charge is -2.15. The molecule has 2 aromatic rings. The van der Waals surface area contributed by atoms with Crippen LogP contribution in [0.4, 0.5) is 11.6 Å². The molecule has 0 amide bonds. The molecule has 0 saturated heterocycles. The van der Waals surface area contributed by atoms with Crippen molar-refractivity contribution >= 4 is 11.6 Å². The normalized spacial score (nSPS) is 12.6. The molecule has 6 nitrogen and oxygen atoms in total. The average Bonchev–Trinajstić information content (AvgIpc) is 2.89. The van der Waals surface area contributed by atoms with Gasteiger partial charge in [-0.2, -0.15) is 5.10 Å². The van der Waals surface area contributed by atoms with Crippen LogP contribution in [0.5, 0.6) is 0 Å². The number of hydrogen-bond acceptors (Lipinski definition) is 4. The molecule has 0 aromatic carbocycles. The van der Waals surface area contributed by atoms with Gasteiger partial charge in [0, 0.05) is 32.7 Å². The molecule has 0 fully saturated rings. The maximum atomic E-state index is 5.14. The fourth-order valence-electron chi connectivity index (χ4n) is 1.70. The van der Waals surface area contributed by atoms with Crippen molar-refractivity contribution in [3.63, 3.8) is 0 Å². The van der Waals surface area contributed by atoms with Gasteiger partial charge in [-0.1, -0.05) is 0 Å². The molecule has 1 unspecified atom stereocenters. The number of hydrogen-bond donors (Lipinski definition) is 1.